The van der Waals surface area contributed by atoms with Crippen molar-refractivity contribution in [2.24, 2.45) is 0 Å². The highest BCUT2D eigenvalue weighted by Gasteiger charge is 2.13. The number of rotatable bonds is 4. The molecule has 0 saturated carbocycles. The number of carbonyl (C=O) groups is 1. The van der Waals surface area contributed by atoms with E-state index in [1.165, 1.54) is 30.3 Å². The second kappa shape index (κ2) is 7.20. The van der Waals surface area contributed by atoms with Crippen molar-refractivity contribution < 1.29 is 18.7 Å². The molecule has 0 heterocycles. The summed E-state index contributed by atoms with van der Waals surface area (Å²) in [6.45, 7) is -0.179. The van der Waals surface area contributed by atoms with Crippen molar-refractivity contribution in [2.45, 2.75) is 6.10 Å². The zero-order valence-corrected chi connectivity index (χ0v) is 12.1. The third-order valence-electron chi connectivity index (χ3n) is 2.90. The number of aliphatic hydroxyl groups is 1. The fourth-order valence-corrected chi connectivity index (χ4v) is 1.97. The first-order valence-corrected chi connectivity index (χ1v) is 6.77. The van der Waals surface area contributed by atoms with Gasteiger partial charge in [-0.15, -0.1) is 0 Å². The van der Waals surface area contributed by atoms with Crippen LogP contribution in [-0.4, -0.2) is 17.7 Å². The number of amides is 2. The maximum Gasteiger partial charge on any atom is 0.319 e. The van der Waals surface area contributed by atoms with Gasteiger partial charge in [0, 0.05) is 17.8 Å². The van der Waals surface area contributed by atoms with Crippen LogP contribution in [0.25, 0.3) is 0 Å². The molecule has 0 bridgehead atoms. The number of nitrogens with one attached hydrogen (secondary N) is 2. The first kappa shape index (κ1) is 16.2. The Balaban J connectivity index is 1.90. The van der Waals surface area contributed by atoms with Crippen molar-refractivity contribution in [1.29, 1.82) is 0 Å². The van der Waals surface area contributed by atoms with Gasteiger partial charge in [0.2, 0.25) is 0 Å². The molecule has 0 aliphatic rings. The van der Waals surface area contributed by atoms with Crippen molar-refractivity contribution in [1.82, 2.24) is 5.32 Å². The van der Waals surface area contributed by atoms with Crippen LogP contribution in [0, 0.1) is 11.6 Å². The van der Waals surface area contributed by atoms with Crippen LogP contribution in [0.15, 0.2) is 42.5 Å². The summed E-state index contributed by atoms with van der Waals surface area (Å²) in [5.74, 6) is -1.15. The van der Waals surface area contributed by atoms with Crippen LogP contribution in [0.2, 0.25) is 5.02 Å². The summed E-state index contributed by atoms with van der Waals surface area (Å²) in [4.78, 5) is 11.7. The van der Waals surface area contributed by atoms with E-state index in [0.717, 1.165) is 6.07 Å². The third-order valence-corrected chi connectivity index (χ3v) is 3.19. The maximum absolute atomic E-state index is 13.5. The van der Waals surface area contributed by atoms with Crippen LogP contribution in [0.1, 0.15) is 11.7 Å². The van der Waals surface area contributed by atoms with Crippen LogP contribution in [0.3, 0.4) is 0 Å². The van der Waals surface area contributed by atoms with E-state index in [0.29, 0.717) is 5.69 Å². The quantitative estimate of drug-likeness (QED) is 0.805. The summed E-state index contributed by atoms with van der Waals surface area (Å²) in [6, 6.07) is 8.83. The minimum Gasteiger partial charge on any atom is -0.386 e. The average Bonchev–Trinajstić information content (AvgIpc) is 2.49. The van der Waals surface area contributed by atoms with Crippen LogP contribution in [-0.2, 0) is 0 Å². The molecule has 0 aromatic heterocycles. The Morgan fingerprint density at radius 1 is 1.18 bits per heavy atom. The zero-order valence-electron chi connectivity index (χ0n) is 11.3. The van der Waals surface area contributed by atoms with Crippen molar-refractivity contribution in [2.75, 3.05) is 11.9 Å². The molecule has 0 saturated heterocycles. The Bertz CT molecular complexity index is 682. The van der Waals surface area contributed by atoms with Crippen LogP contribution in [0.5, 0.6) is 0 Å². The minimum atomic E-state index is -1.18. The van der Waals surface area contributed by atoms with Gasteiger partial charge in [-0.1, -0.05) is 29.8 Å². The van der Waals surface area contributed by atoms with Gasteiger partial charge in [0.05, 0.1) is 11.1 Å². The Kier molecular flexibility index (Phi) is 5.30. The fraction of sp³-hybridized carbons (Fsp3) is 0.133. The number of urea groups is 1. The summed E-state index contributed by atoms with van der Waals surface area (Å²) >= 11 is 5.59. The van der Waals surface area contributed by atoms with E-state index in [1.807, 2.05) is 0 Å². The summed E-state index contributed by atoms with van der Waals surface area (Å²) < 4.78 is 26.4. The predicted molar refractivity (Wildman–Crippen MR) is 79.8 cm³/mol. The van der Waals surface area contributed by atoms with E-state index in [1.54, 1.807) is 6.07 Å². The van der Waals surface area contributed by atoms with Gasteiger partial charge in [-0.25, -0.2) is 13.6 Å². The Morgan fingerprint density at radius 2 is 1.91 bits per heavy atom. The Hall–Kier alpha value is -2.18. The number of carbonyl (C=O) groups excluding carboxylic acids is 1. The van der Waals surface area contributed by atoms with E-state index in [4.69, 9.17) is 11.6 Å². The molecular weight excluding hydrogens is 314 g/mol. The summed E-state index contributed by atoms with van der Waals surface area (Å²) in [7, 11) is 0. The number of anilines is 1. The van der Waals surface area contributed by atoms with E-state index in [9.17, 15) is 18.7 Å². The van der Waals surface area contributed by atoms with Crippen LogP contribution < -0.4 is 10.6 Å². The molecule has 0 aliphatic carbocycles. The first-order valence-electron chi connectivity index (χ1n) is 6.40. The van der Waals surface area contributed by atoms with Gasteiger partial charge in [0.15, 0.2) is 0 Å². The van der Waals surface area contributed by atoms with Crippen LogP contribution in [0.4, 0.5) is 19.3 Å². The fourth-order valence-electron chi connectivity index (χ4n) is 1.79. The highest BCUT2D eigenvalue weighted by atomic mass is 35.5. The summed E-state index contributed by atoms with van der Waals surface area (Å²) in [5, 5.41) is 14.5. The number of hydrogen-bond acceptors (Lipinski definition) is 2. The van der Waals surface area contributed by atoms with Crippen LogP contribution >= 0.6 is 11.6 Å². The van der Waals surface area contributed by atoms with Gasteiger partial charge in [0.25, 0.3) is 0 Å². The van der Waals surface area contributed by atoms with Gasteiger partial charge in [-0.05, 0) is 24.3 Å². The molecule has 3 N–H and O–H groups in total. The highest BCUT2D eigenvalue weighted by Crippen LogP contribution is 2.19. The van der Waals surface area contributed by atoms with Crippen molar-refractivity contribution in [3.63, 3.8) is 0 Å². The molecule has 0 radical (unpaired) electrons. The largest absolute Gasteiger partial charge is 0.386 e. The van der Waals surface area contributed by atoms with Gasteiger partial charge >= 0.3 is 6.03 Å². The second-order valence-electron chi connectivity index (χ2n) is 4.50. The molecule has 1 atom stereocenters. The molecular formula is C15H13ClF2N2O2. The second-order valence-corrected chi connectivity index (χ2v) is 4.91. The molecule has 22 heavy (non-hydrogen) atoms. The Labute approximate surface area is 130 Å². The number of benzene rings is 2. The SMILES string of the molecule is O=C(NC[C@@H](O)c1ccccc1F)Nc1ccc(F)c(Cl)c1. The molecule has 2 amide bonds. The molecule has 2 aromatic rings. The maximum atomic E-state index is 13.5. The topological polar surface area (TPSA) is 61.4 Å². The van der Waals surface area contributed by atoms with E-state index < -0.39 is 23.8 Å². The zero-order chi connectivity index (χ0) is 16.1. The van der Waals surface area contributed by atoms with Crippen molar-refractivity contribution in [3.05, 3.63) is 64.7 Å². The van der Waals surface area contributed by atoms with Gasteiger partial charge in [0.1, 0.15) is 11.6 Å². The number of halogens is 3. The average molecular weight is 327 g/mol. The van der Waals surface area contributed by atoms with E-state index >= 15 is 0 Å². The highest BCUT2D eigenvalue weighted by molar-refractivity contribution is 6.31. The molecule has 7 heteroatoms. The van der Waals surface area contributed by atoms with Gasteiger partial charge in [-0.2, -0.15) is 0 Å². The van der Waals surface area contributed by atoms with Crippen molar-refractivity contribution in [3.8, 4) is 0 Å². The van der Waals surface area contributed by atoms with Crippen molar-refractivity contribution >= 4 is 23.3 Å². The molecule has 4 nitrogen and oxygen atoms in total. The normalized spacial score (nSPS) is 11.8. The minimum absolute atomic E-state index is 0.0904. The lowest BCUT2D eigenvalue weighted by Crippen LogP contribution is -2.32. The number of aliphatic hydroxyl groups excluding tert-OH is 1. The van der Waals surface area contributed by atoms with Gasteiger partial charge < -0.3 is 15.7 Å². The standard InChI is InChI=1S/C15H13ClF2N2O2/c16-11-7-9(5-6-13(11)18)20-15(22)19-8-14(21)10-3-1-2-4-12(10)17/h1-7,14,21H,8H2,(H2,19,20,22)/t14-/m1/s1. The summed E-state index contributed by atoms with van der Waals surface area (Å²) in [6.07, 6.45) is -1.18. The third kappa shape index (κ3) is 4.16. The molecule has 0 aliphatic heterocycles. The van der Waals surface area contributed by atoms with E-state index in [-0.39, 0.29) is 17.1 Å². The lowest BCUT2D eigenvalue weighted by molar-refractivity contribution is 0.170. The smallest absolute Gasteiger partial charge is 0.319 e. The van der Waals surface area contributed by atoms with E-state index in [2.05, 4.69) is 10.6 Å². The number of hydrogen-bond donors (Lipinski definition) is 3. The lowest BCUT2D eigenvalue weighted by Gasteiger charge is -2.13. The lowest BCUT2D eigenvalue weighted by atomic mass is 10.1. The monoisotopic (exact) mass is 326 g/mol. The molecule has 116 valence electrons. The Morgan fingerprint density at radius 3 is 2.59 bits per heavy atom. The summed E-state index contributed by atoms with van der Waals surface area (Å²) in [5.41, 5.74) is 0.386. The molecule has 2 rings (SSSR count). The first-order chi connectivity index (χ1) is 10.5. The molecule has 0 fully saturated rings. The molecule has 0 unspecified atom stereocenters. The molecule has 0 spiro atoms. The van der Waals surface area contributed by atoms with Gasteiger partial charge in [-0.3, -0.25) is 0 Å². The predicted octanol–water partition coefficient (Wildman–Crippen LogP) is 3.47. The molecule has 2 aromatic carbocycles.